The predicted octanol–water partition coefficient (Wildman–Crippen LogP) is 2.61. The summed E-state index contributed by atoms with van der Waals surface area (Å²) in [6.07, 6.45) is 3.56. The minimum absolute atomic E-state index is 0. The van der Waals surface area contributed by atoms with Gasteiger partial charge in [0.05, 0.1) is 0 Å². The molecule has 1 fully saturated rings. The standard InChI is InChI=1S/C18H28N4O2.HI/c1-2-19-18(20-11-6-12-24-14-15-9-10-15)21-13-17(23)22-16-7-4-3-5-8-16;/h3-5,7-8,15H,2,6,9-14H2,1H3,(H,22,23)(H2,19,20,21);1H. The zero-order valence-electron chi connectivity index (χ0n) is 14.8. The lowest BCUT2D eigenvalue weighted by Gasteiger charge is -2.11. The Morgan fingerprint density at radius 2 is 2.00 bits per heavy atom. The Morgan fingerprint density at radius 3 is 2.68 bits per heavy atom. The Kier molecular flexibility index (Phi) is 11.2. The molecule has 0 aromatic heterocycles. The highest BCUT2D eigenvalue weighted by molar-refractivity contribution is 14.0. The quantitative estimate of drug-likeness (QED) is 0.217. The molecule has 1 aliphatic rings. The van der Waals surface area contributed by atoms with Gasteiger partial charge in [0.1, 0.15) is 6.54 Å². The highest BCUT2D eigenvalue weighted by Gasteiger charge is 2.20. The van der Waals surface area contributed by atoms with E-state index >= 15 is 0 Å². The molecule has 0 radical (unpaired) electrons. The molecular weight excluding hydrogens is 431 g/mol. The molecule has 1 aromatic carbocycles. The Labute approximate surface area is 167 Å². The summed E-state index contributed by atoms with van der Waals surface area (Å²) in [4.78, 5) is 16.2. The van der Waals surface area contributed by atoms with Crippen LogP contribution in [0, 0.1) is 5.92 Å². The second kappa shape index (κ2) is 12.9. The lowest BCUT2D eigenvalue weighted by molar-refractivity contribution is -0.114. The number of benzene rings is 1. The summed E-state index contributed by atoms with van der Waals surface area (Å²) in [6, 6.07) is 9.39. The van der Waals surface area contributed by atoms with Gasteiger partial charge in [-0.05, 0) is 44.2 Å². The van der Waals surface area contributed by atoms with Crippen LogP contribution < -0.4 is 16.0 Å². The SMILES string of the molecule is CCNC(=NCC(=O)Nc1ccccc1)NCCCOCC1CC1.I. The van der Waals surface area contributed by atoms with Gasteiger partial charge in [-0.2, -0.15) is 0 Å². The van der Waals surface area contributed by atoms with Crippen molar-refractivity contribution < 1.29 is 9.53 Å². The average molecular weight is 460 g/mol. The third kappa shape index (κ3) is 10.3. The van der Waals surface area contributed by atoms with Gasteiger partial charge >= 0.3 is 0 Å². The summed E-state index contributed by atoms with van der Waals surface area (Å²) < 4.78 is 5.60. The third-order valence-corrected chi connectivity index (χ3v) is 3.59. The molecule has 1 aromatic rings. The van der Waals surface area contributed by atoms with Crippen LogP contribution in [0.1, 0.15) is 26.2 Å². The van der Waals surface area contributed by atoms with Crippen LogP contribution in [-0.2, 0) is 9.53 Å². The third-order valence-electron chi connectivity index (χ3n) is 3.59. The van der Waals surface area contributed by atoms with Crippen LogP contribution in [0.3, 0.4) is 0 Å². The van der Waals surface area contributed by atoms with Crippen molar-refractivity contribution in [1.29, 1.82) is 0 Å². The van der Waals surface area contributed by atoms with Crippen LogP contribution >= 0.6 is 24.0 Å². The second-order valence-corrected chi connectivity index (χ2v) is 5.91. The molecule has 25 heavy (non-hydrogen) atoms. The molecule has 1 aliphatic carbocycles. The van der Waals surface area contributed by atoms with Crippen molar-refractivity contribution in [1.82, 2.24) is 10.6 Å². The normalized spacial score (nSPS) is 13.7. The number of aliphatic imine (C=N–C) groups is 1. The number of carbonyl (C=O) groups is 1. The molecule has 2 rings (SSSR count). The molecule has 140 valence electrons. The van der Waals surface area contributed by atoms with E-state index < -0.39 is 0 Å². The van der Waals surface area contributed by atoms with E-state index in [1.807, 2.05) is 37.3 Å². The Balaban J connectivity index is 0.00000312. The van der Waals surface area contributed by atoms with Crippen molar-refractivity contribution in [2.24, 2.45) is 10.9 Å². The summed E-state index contributed by atoms with van der Waals surface area (Å²) in [5.41, 5.74) is 0.781. The fourth-order valence-corrected chi connectivity index (χ4v) is 2.13. The molecule has 0 saturated heterocycles. The van der Waals surface area contributed by atoms with Crippen molar-refractivity contribution in [3.63, 3.8) is 0 Å². The minimum atomic E-state index is -0.133. The van der Waals surface area contributed by atoms with Gasteiger partial charge in [-0.1, -0.05) is 18.2 Å². The van der Waals surface area contributed by atoms with Gasteiger partial charge in [0.2, 0.25) is 5.91 Å². The molecule has 1 amide bonds. The van der Waals surface area contributed by atoms with Gasteiger partial charge in [-0.3, -0.25) is 4.79 Å². The summed E-state index contributed by atoms with van der Waals surface area (Å²) in [5, 5.41) is 9.18. The van der Waals surface area contributed by atoms with Crippen molar-refractivity contribution >= 4 is 41.5 Å². The number of carbonyl (C=O) groups excluding carboxylic acids is 1. The maximum Gasteiger partial charge on any atom is 0.246 e. The van der Waals surface area contributed by atoms with Gasteiger partial charge < -0.3 is 20.7 Å². The molecule has 0 spiro atoms. The number of para-hydroxylation sites is 1. The van der Waals surface area contributed by atoms with E-state index in [0.717, 1.165) is 44.3 Å². The van der Waals surface area contributed by atoms with Crippen LogP contribution in [0.5, 0.6) is 0 Å². The summed E-state index contributed by atoms with van der Waals surface area (Å²) >= 11 is 0. The van der Waals surface area contributed by atoms with E-state index in [-0.39, 0.29) is 36.4 Å². The molecule has 0 aliphatic heterocycles. The number of halogens is 1. The number of ether oxygens (including phenoxy) is 1. The monoisotopic (exact) mass is 460 g/mol. The maximum absolute atomic E-state index is 11.9. The van der Waals surface area contributed by atoms with Crippen LogP contribution in [0.25, 0.3) is 0 Å². The summed E-state index contributed by atoms with van der Waals surface area (Å²) in [5.74, 6) is 1.33. The largest absolute Gasteiger partial charge is 0.381 e. The van der Waals surface area contributed by atoms with E-state index in [0.29, 0.717) is 5.96 Å². The first kappa shape index (κ1) is 21.7. The predicted molar refractivity (Wildman–Crippen MR) is 113 cm³/mol. The van der Waals surface area contributed by atoms with E-state index in [1.54, 1.807) is 0 Å². The van der Waals surface area contributed by atoms with E-state index in [2.05, 4.69) is 20.9 Å². The minimum Gasteiger partial charge on any atom is -0.381 e. The van der Waals surface area contributed by atoms with Gasteiger partial charge in [-0.25, -0.2) is 4.99 Å². The maximum atomic E-state index is 11.9. The zero-order valence-corrected chi connectivity index (χ0v) is 17.1. The number of nitrogens with zero attached hydrogens (tertiary/aromatic N) is 1. The van der Waals surface area contributed by atoms with E-state index in [9.17, 15) is 4.79 Å². The van der Waals surface area contributed by atoms with Gasteiger partial charge in [-0.15, -0.1) is 24.0 Å². The Hall–Kier alpha value is -1.35. The van der Waals surface area contributed by atoms with Crippen molar-refractivity contribution in [3.05, 3.63) is 30.3 Å². The summed E-state index contributed by atoms with van der Waals surface area (Å²) in [6.45, 7) is 5.27. The molecule has 0 atom stereocenters. The van der Waals surface area contributed by atoms with Crippen molar-refractivity contribution in [3.8, 4) is 0 Å². The molecular formula is C18H29IN4O2. The van der Waals surface area contributed by atoms with Crippen LogP contribution in [-0.4, -0.2) is 44.7 Å². The molecule has 6 nitrogen and oxygen atoms in total. The van der Waals surface area contributed by atoms with E-state index in [1.165, 1.54) is 12.8 Å². The fourth-order valence-electron chi connectivity index (χ4n) is 2.13. The number of hydrogen-bond acceptors (Lipinski definition) is 3. The number of anilines is 1. The summed E-state index contributed by atoms with van der Waals surface area (Å²) in [7, 11) is 0. The van der Waals surface area contributed by atoms with Crippen LogP contribution in [0.4, 0.5) is 5.69 Å². The lowest BCUT2D eigenvalue weighted by Crippen LogP contribution is -2.38. The lowest BCUT2D eigenvalue weighted by atomic mass is 10.3. The molecule has 7 heteroatoms. The number of hydrogen-bond donors (Lipinski definition) is 3. The van der Waals surface area contributed by atoms with Crippen LogP contribution in [0.15, 0.2) is 35.3 Å². The smallest absolute Gasteiger partial charge is 0.246 e. The molecule has 0 unspecified atom stereocenters. The first-order valence-corrected chi connectivity index (χ1v) is 8.72. The highest BCUT2D eigenvalue weighted by atomic mass is 127. The zero-order chi connectivity index (χ0) is 17.0. The molecule has 0 heterocycles. The highest BCUT2D eigenvalue weighted by Crippen LogP contribution is 2.28. The van der Waals surface area contributed by atoms with Gasteiger partial charge in [0, 0.05) is 32.0 Å². The first-order chi connectivity index (χ1) is 11.8. The van der Waals surface area contributed by atoms with Gasteiger partial charge in [0.25, 0.3) is 0 Å². The second-order valence-electron chi connectivity index (χ2n) is 5.91. The van der Waals surface area contributed by atoms with Crippen molar-refractivity contribution in [2.75, 3.05) is 38.2 Å². The number of rotatable bonds is 10. The Morgan fingerprint density at radius 1 is 1.24 bits per heavy atom. The topological polar surface area (TPSA) is 74.8 Å². The van der Waals surface area contributed by atoms with Crippen LogP contribution in [0.2, 0.25) is 0 Å². The average Bonchev–Trinajstić information content (AvgIpc) is 3.41. The molecule has 0 bridgehead atoms. The molecule has 1 saturated carbocycles. The number of guanidine groups is 1. The van der Waals surface area contributed by atoms with Gasteiger partial charge in [0.15, 0.2) is 5.96 Å². The van der Waals surface area contributed by atoms with Crippen molar-refractivity contribution in [2.45, 2.75) is 26.2 Å². The Bertz CT molecular complexity index is 521. The molecule has 3 N–H and O–H groups in total. The number of amides is 1. The first-order valence-electron chi connectivity index (χ1n) is 8.72. The van der Waals surface area contributed by atoms with E-state index in [4.69, 9.17) is 4.74 Å². The number of nitrogens with one attached hydrogen (secondary N) is 3. The fraction of sp³-hybridized carbons (Fsp3) is 0.556.